The predicted octanol–water partition coefficient (Wildman–Crippen LogP) is 4.30. The fourth-order valence-electron chi connectivity index (χ4n) is 4.56. The summed E-state index contributed by atoms with van der Waals surface area (Å²) in [5, 5.41) is 0. The number of aromatic amines is 1. The second-order valence-corrected chi connectivity index (χ2v) is 8.55. The van der Waals surface area contributed by atoms with Gasteiger partial charge in [0, 0.05) is 12.3 Å². The van der Waals surface area contributed by atoms with E-state index in [4.69, 9.17) is 14.2 Å². The Labute approximate surface area is 212 Å². The summed E-state index contributed by atoms with van der Waals surface area (Å²) >= 11 is 0. The zero-order valence-electron chi connectivity index (χ0n) is 20.0. The van der Waals surface area contributed by atoms with E-state index in [1.165, 1.54) is 12.3 Å². The molecule has 1 N–H and O–H groups in total. The fraction of sp³-hybridized carbons (Fsp3) is 0.172. The van der Waals surface area contributed by atoms with Crippen LogP contribution in [-0.4, -0.2) is 29.4 Å². The van der Waals surface area contributed by atoms with Crippen LogP contribution < -0.4 is 16.0 Å². The van der Waals surface area contributed by atoms with Crippen LogP contribution in [0.1, 0.15) is 22.9 Å². The second-order valence-electron chi connectivity index (χ2n) is 8.55. The third-order valence-corrected chi connectivity index (χ3v) is 6.31. The van der Waals surface area contributed by atoms with E-state index in [-0.39, 0.29) is 6.61 Å². The van der Waals surface area contributed by atoms with Gasteiger partial charge in [0.25, 0.3) is 5.56 Å². The van der Waals surface area contributed by atoms with Crippen molar-refractivity contribution in [2.24, 2.45) is 0 Å². The van der Waals surface area contributed by atoms with Crippen molar-refractivity contribution in [1.29, 1.82) is 0 Å². The van der Waals surface area contributed by atoms with Crippen LogP contribution in [0.3, 0.4) is 0 Å². The highest BCUT2D eigenvalue weighted by atomic mass is 19.1. The average molecular weight is 501 g/mol. The SMILES string of the molecule is COc1ccc(C(OC[C@@H]2C=C(F)[C@H](n3ccc(=O)[nH]c3=O)O2)(c2ccccc2)c2ccccc2)cc1. The first-order chi connectivity index (χ1) is 18.0. The molecule has 5 rings (SSSR count). The first kappa shape index (κ1) is 24.4. The lowest BCUT2D eigenvalue weighted by molar-refractivity contribution is -0.0731. The summed E-state index contributed by atoms with van der Waals surface area (Å²) in [5.74, 6) is 0.0642. The van der Waals surface area contributed by atoms with E-state index >= 15 is 0 Å². The van der Waals surface area contributed by atoms with E-state index in [1.54, 1.807) is 7.11 Å². The molecule has 8 heteroatoms. The monoisotopic (exact) mass is 500 g/mol. The highest BCUT2D eigenvalue weighted by molar-refractivity contribution is 5.48. The van der Waals surface area contributed by atoms with Gasteiger partial charge in [-0.2, -0.15) is 0 Å². The summed E-state index contributed by atoms with van der Waals surface area (Å²) in [5.41, 5.74) is 0.225. The second kappa shape index (κ2) is 10.4. The Bertz CT molecular complexity index is 1460. The number of hydrogen-bond acceptors (Lipinski definition) is 5. The van der Waals surface area contributed by atoms with Crippen LogP contribution in [0.4, 0.5) is 4.39 Å². The summed E-state index contributed by atoms with van der Waals surface area (Å²) in [7, 11) is 1.61. The Hall–Kier alpha value is -4.27. The van der Waals surface area contributed by atoms with Crippen LogP contribution in [0.5, 0.6) is 5.75 Å². The van der Waals surface area contributed by atoms with Crippen LogP contribution in [0, 0.1) is 0 Å². The van der Waals surface area contributed by atoms with Crippen molar-refractivity contribution in [2.75, 3.05) is 13.7 Å². The van der Waals surface area contributed by atoms with Gasteiger partial charge >= 0.3 is 5.69 Å². The smallest absolute Gasteiger partial charge is 0.330 e. The van der Waals surface area contributed by atoms with E-state index in [1.807, 2.05) is 84.9 Å². The largest absolute Gasteiger partial charge is 0.497 e. The molecule has 7 nitrogen and oxygen atoms in total. The van der Waals surface area contributed by atoms with E-state index in [2.05, 4.69) is 4.98 Å². The molecule has 0 bridgehead atoms. The normalized spacial score (nSPS) is 17.4. The lowest BCUT2D eigenvalue weighted by atomic mass is 9.80. The number of H-pyrrole nitrogens is 1. The Morgan fingerprint density at radius 2 is 1.49 bits per heavy atom. The van der Waals surface area contributed by atoms with Crippen molar-refractivity contribution in [3.05, 3.63) is 147 Å². The maximum absolute atomic E-state index is 14.9. The van der Waals surface area contributed by atoms with Crippen molar-refractivity contribution >= 4 is 0 Å². The molecule has 2 atom stereocenters. The van der Waals surface area contributed by atoms with E-state index < -0.39 is 35.0 Å². The molecule has 0 amide bonds. The number of ether oxygens (including phenoxy) is 3. The first-order valence-electron chi connectivity index (χ1n) is 11.7. The van der Waals surface area contributed by atoms with Gasteiger partial charge in [0.15, 0.2) is 6.23 Å². The molecule has 1 aromatic heterocycles. The molecule has 0 aliphatic carbocycles. The van der Waals surface area contributed by atoms with Gasteiger partial charge in [-0.25, -0.2) is 9.18 Å². The van der Waals surface area contributed by atoms with Crippen molar-refractivity contribution < 1.29 is 18.6 Å². The summed E-state index contributed by atoms with van der Waals surface area (Å²) in [6.45, 7) is -0.0160. The lowest BCUT2D eigenvalue weighted by Crippen LogP contribution is -2.36. The molecule has 1 aliphatic heterocycles. The Morgan fingerprint density at radius 1 is 0.892 bits per heavy atom. The average Bonchev–Trinajstić information content (AvgIpc) is 3.30. The van der Waals surface area contributed by atoms with Gasteiger partial charge in [0.2, 0.25) is 0 Å². The summed E-state index contributed by atoms with van der Waals surface area (Å²) in [6.07, 6.45) is 0.422. The first-order valence-corrected chi connectivity index (χ1v) is 11.7. The van der Waals surface area contributed by atoms with Gasteiger partial charge in [-0.15, -0.1) is 0 Å². The number of rotatable bonds is 8. The van der Waals surface area contributed by atoms with Gasteiger partial charge in [0.1, 0.15) is 23.3 Å². The van der Waals surface area contributed by atoms with Crippen molar-refractivity contribution in [1.82, 2.24) is 9.55 Å². The minimum absolute atomic E-state index is 0.0160. The molecule has 0 saturated carbocycles. The molecule has 0 saturated heterocycles. The van der Waals surface area contributed by atoms with Crippen molar-refractivity contribution in [3.8, 4) is 5.75 Å². The Kier molecular flexibility index (Phi) is 6.85. The zero-order valence-corrected chi connectivity index (χ0v) is 20.0. The summed E-state index contributed by atoms with van der Waals surface area (Å²) in [4.78, 5) is 25.7. The van der Waals surface area contributed by atoms with Crippen LogP contribution in [0.25, 0.3) is 0 Å². The van der Waals surface area contributed by atoms with E-state index in [0.29, 0.717) is 5.75 Å². The third kappa shape index (κ3) is 4.76. The molecule has 1 aliphatic rings. The number of halogens is 1. The van der Waals surface area contributed by atoms with Crippen LogP contribution in [-0.2, 0) is 15.1 Å². The lowest BCUT2D eigenvalue weighted by Gasteiger charge is -2.36. The van der Waals surface area contributed by atoms with Crippen LogP contribution in [0.15, 0.2) is 119 Å². The standard InChI is InChI=1S/C29H25FN2O5/c1-35-23-14-12-22(13-15-23)29(20-8-4-2-5-9-20,21-10-6-3-7-11-21)36-19-24-18-25(30)27(37-24)32-17-16-26(33)31-28(32)34/h2-18,24,27H,19H2,1H3,(H,31,33,34)/t24-,27+/m0/s1. The number of benzene rings is 3. The zero-order chi connectivity index (χ0) is 25.8. The summed E-state index contributed by atoms with van der Waals surface area (Å²) in [6, 6.07) is 28.3. The maximum atomic E-state index is 14.9. The minimum Gasteiger partial charge on any atom is -0.497 e. The molecular weight excluding hydrogens is 475 g/mol. The molecule has 37 heavy (non-hydrogen) atoms. The molecular formula is C29H25FN2O5. The van der Waals surface area contributed by atoms with E-state index in [0.717, 1.165) is 27.3 Å². The molecule has 0 unspecified atom stereocenters. The molecule has 4 aromatic rings. The number of hydrogen-bond donors (Lipinski definition) is 1. The maximum Gasteiger partial charge on any atom is 0.330 e. The predicted molar refractivity (Wildman–Crippen MR) is 136 cm³/mol. The van der Waals surface area contributed by atoms with Gasteiger partial charge in [0.05, 0.1) is 13.7 Å². The van der Waals surface area contributed by atoms with Gasteiger partial charge < -0.3 is 14.2 Å². The van der Waals surface area contributed by atoms with Gasteiger partial charge in [-0.1, -0.05) is 72.8 Å². The Balaban J connectivity index is 1.52. The molecule has 3 aromatic carbocycles. The minimum atomic E-state index is -1.29. The van der Waals surface area contributed by atoms with Crippen molar-refractivity contribution in [3.63, 3.8) is 0 Å². The fourth-order valence-corrected chi connectivity index (χ4v) is 4.56. The van der Waals surface area contributed by atoms with E-state index in [9.17, 15) is 14.0 Å². The number of methoxy groups -OCH3 is 1. The Morgan fingerprint density at radius 3 is 2.05 bits per heavy atom. The molecule has 0 fully saturated rings. The van der Waals surface area contributed by atoms with Gasteiger partial charge in [-0.05, 0) is 34.9 Å². The van der Waals surface area contributed by atoms with Crippen molar-refractivity contribution in [2.45, 2.75) is 17.9 Å². The quantitative estimate of drug-likeness (QED) is 0.365. The highest BCUT2D eigenvalue weighted by Crippen LogP contribution is 2.42. The molecule has 0 spiro atoms. The molecule has 0 radical (unpaired) electrons. The molecule has 188 valence electrons. The number of aromatic nitrogens is 2. The third-order valence-electron chi connectivity index (χ3n) is 6.31. The topological polar surface area (TPSA) is 82.5 Å². The highest BCUT2D eigenvalue weighted by Gasteiger charge is 2.39. The van der Waals surface area contributed by atoms with Crippen LogP contribution in [0.2, 0.25) is 0 Å². The summed E-state index contributed by atoms with van der Waals surface area (Å²) < 4.78 is 33.8. The van der Waals surface area contributed by atoms with Gasteiger partial charge in [-0.3, -0.25) is 14.3 Å². The number of nitrogens with zero attached hydrogens (tertiary/aromatic N) is 1. The molecule has 2 heterocycles. The van der Waals surface area contributed by atoms with Crippen LogP contribution >= 0.6 is 0 Å². The number of nitrogens with one attached hydrogen (secondary N) is 1.